The molecule has 3 nitrogen and oxygen atoms in total. The van der Waals surface area contributed by atoms with Gasteiger partial charge in [-0.2, -0.15) is 0 Å². The van der Waals surface area contributed by atoms with Crippen molar-refractivity contribution in [3.8, 4) is 5.75 Å². The topological polar surface area (TPSA) is 42.4 Å². The van der Waals surface area contributed by atoms with Gasteiger partial charge in [-0.15, -0.1) is 11.3 Å². The van der Waals surface area contributed by atoms with E-state index in [2.05, 4.69) is 4.98 Å². The molecule has 5 heteroatoms. The predicted molar refractivity (Wildman–Crippen MR) is 63.5 cm³/mol. The monoisotopic (exact) mass is 253 g/mol. The zero-order valence-electron chi connectivity index (χ0n) is 9.31. The van der Waals surface area contributed by atoms with Crippen molar-refractivity contribution < 1.29 is 14.2 Å². The molecule has 1 N–H and O–H groups in total. The van der Waals surface area contributed by atoms with Crippen LogP contribution in [0.15, 0.2) is 24.4 Å². The molecule has 0 fully saturated rings. The summed E-state index contributed by atoms with van der Waals surface area (Å²) < 4.78 is 18.9. The number of hydrogen-bond acceptors (Lipinski definition) is 4. The van der Waals surface area contributed by atoms with E-state index in [0.29, 0.717) is 5.56 Å². The second-order valence-electron chi connectivity index (χ2n) is 3.52. The minimum Gasteiger partial charge on any atom is -0.485 e. The molecule has 17 heavy (non-hydrogen) atoms. The summed E-state index contributed by atoms with van der Waals surface area (Å²) in [7, 11) is 0. The third-order valence-corrected chi connectivity index (χ3v) is 3.13. The third kappa shape index (κ3) is 2.81. The van der Waals surface area contributed by atoms with E-state index in [1.165, 1.54) is 17.4 Å². The second-order valence-corrected chi connectivity index (χ2v) is 4.84. The smallest absolute Gasteiger partial charge is 0.165 e. The van der Waals surface area contributed by atoms with Gasteiger partial charge in [-0.05, 0) is 13.0 Å². The van der Waals surface area contributed by atoms with Crippen LogP contribution in [-0.2, 0) is 13.2 Å². The van der Waals surface area contributed by atoms with E-state index in [1.807, 2.05) is 6.92 Å². The molecule has 0 aliphatic rings. The standard InChI is InChI=1S/C12H12FNO2S/c1-8-14-5-10(17-8)7-16-12-9(6-15)3-2-4-11(12)13/h2-5,15H,6-7H2,1H3. The number of aryl methyl sites for hydroxylation is 1. The summed E-state index contributed by atoms with van der Waals surface area (Å²) in [6.07, 6.45) is 1.71. The molecule has 0 bridgehead atoms. The van der Waals surface area contributed by atoms with Crippen molar-refractivity contribution in [2.24, 2.45) is 0 Å². The zero-order valence-corrected chi connectivity index (χ0v) is 10.1. The summed E-state index contributed by atoms with van der Waals surface area (Å²) in [4.78, 5) is 5.01. The first-order valence-electron chi connectivity index (χ1n) is 5.13. The van der Waals surface area contributed by atoms with E-state index in [1.54, 1.807) is 18.3 Å². The molecule has 90 valence electrons. The van der Waals surface area contributed by atoms with Crippen LogP contribution < -0.4 is 4.74 Å². The van der Waals surface area contributed by atoms with Crippen LogP contribution in [0.3, 0.4) is 0 Å². The van der Waals surface area contributed by atoms with Crippen molar-refractivity contribution in [1.29, 1.82) is 0 Å². The quantitative estimate of drug-likeness (QED) is 0.910. The number of thiazole rings is 1. The molecule has 0 unspecified atom stereocenters. The van der Waals surface area contributed by atoms with Crippen LogP contribution in [0.5, 0.6) is 5.75 Å². The molecular formula is C12H12FNO2S. The Kier molecular flexibility index (Phi) is 3.71. The van der Waals surface area contributed by atoms with E-state index < -0.39 is 5.82 Å². The Hall–Kier alpha value is -1.46. The number of aromatic nitrogens is 1. The highest BCUT2D eigenvalue weighted by Gasteiger charge is 2.09. The number of hydrogen-bond donors (Lipinski definition) is 1. The zero-order chi connectivity index (χ0) is 12.3. The van der Waals surface area contributed by atoms with Crippen molar-refractivity contribution in [2.75, 3.05) is 0 Å². The second kappa shape index (κ2) is 5.25. The van der Waals surface area contributed by atoms with Gasteiger partial charge in [0, 0.05) is 11.8 Å². The third-order valence-electron chi connectivity index (χ3n) is 2.25. The molecule has 1 aromatic carbocycles. The normalized spacial score (nSPS) is 10.5. The van der Waals surface area contributed by atoms with Gasteiger partial charge < -0.3 is 9.84 Å². The molecule has 0 saturated carbocycles. The number of ether oxygens (including phenoxy) is 1. The van der Waals surface area contributed by atoms with Crippen molar-refractivity contribution in [3.05, 3.63) is 45.7 Å². The molecule has 1 heterocycles. The first-order valence-corrected chi connectivity index (χ1v) is 5.94. The van der Waals surface area contributed by atoms with Gasteiger partial charge >= 0.3 is 0 Å². The lowest BCUT2D eigenvalue weighted by atomic mass is 10.2. The van der Waals surface area contributed by atoms with Crippen molar-refractivity contribution in [3.63, 3.8) is 0 Å². The first-order chi connectivity index (χ1) is 8.20. The lowest BCUT2D eigenvalue weighted by Gasteiger charge is -2.09. The summed E-state index contributed by atoms with van der Waals surface area (Å²) in [5.41, 5.74) is 0.450. The molecule has 1 aromatic heterocycles. The maximum Gasteiger partial charge on any atom is 0.165 e. The summed E-state index contributed by atoms with van der Waals surface area (Å²) in [6.45, 7) is 1.92. The first kappa shape index (κ1) is 12.0. The fourth-order valence-electron chi connectivity index (χ4n) is 1.46. The van der Waals surface area contributed by atoms with Crippen LogP contribution >= 0.6 is 11.3 Å². The minimum atomic E-state index is -0.460. The summed E-state index contributed by atoms with van der Waals surface area (Å²) >= 11 is 1.51. The van der Waals surface area contributed by atoms with Crippen LogP contribution in [0.1, 0.15) is 15.4 Å². The maximum atomic E-state index is 13.5. The van der Waals surface area contributed by atoms with Gasteiger partial charge in [0.1, 0.15) is 6.61 Å². The van der Waals surface area contributed by atoms with E-state index in [-0.39, 0.29) is 19.0 Å². The Morgan fingerprint density at radius 3 is 2.94 bits per heavy atom. The Morgan fingerprint density at radius 2 is 2.29 bits per heavy atom. The van der Waals surface area contributed by atoms with Crippen LogP contribution in [-0.4, -0.2) is 10.1 Å². The van der Waals surface area contributed by atoms with Crippen molar-refractivity contribution >= 4 is 11.3 Å². The van der Waals surface area contributed by atoms with Crippen LogP contribution in [0, 0.1) is 12.7 Å². The van der Waals surface area contributed by atoms with E-state index >= 15 is 0 Å². The van der Waals surface area contributed by atoms with Gasteiger partial charge in [-0.25, -0.2) is 9.37 Å². The Morgan fingerprint density at radius 1 is 1.47 bits per heavy atom. The largest absolute Gasteiger partial charge is 0.485 e. The van der Waals surface area contributed by atoms with Gasteiger partial charge in [-0.3, -0.25) is 0 Å². The molecule has 2 rings (SSSR count). The molecular weight excluding hydrogens is 241 g/mol. The summed E-state index contributed by atoms with van der Waals surface area (Å²) in [6, 6.07) is 4.49. The molecule has 0 atom stereocenters. The highest BCUT2D eigenvalue weighted by atomic mass is 32.1. The fourth-order valence-corrected chi connectivity index (χ4v) is 2.16. The Balaban J connectivity index is 2.13. The maximum absolute atomic E-state index is 13.5. The van der Waals surface area contributed by atoms with Crippen molar-refractivity contribution in [1.82, 2.24) is 4.98 Å². The summed E-state index contributed by atoms with van der Waals surface area (Å²) in [5, 5.41) is 10.0. The van der Waals surface area contributed by atoms with E-state index in [0.717, 1.165) is 9.88 Å². The number of para-hydroxylation sites is 1. The van der Waals surface area contributed by atoms with Gasteiger partial charge in [-0.1, -0.05) is 12.1 Å². The molecule has 0 amide bonds. The number of halogens is 1. The van der Waals surface area contributed by atoms with E-state index in [4.69, 9.17) is 9.84 Å². The number of benzene rings is 1. The van der Waals surface area contributed by atoms with Gasteiger partial charge in [0.05, 0.1) is 16.5 Å². The number of aliphatic hydroxyl groups is 1. The molecule has 2 aromatic rings. The lowest BCUT2D eigenvalue weighted by molar-refractivity contribution is 0.252. The summed E-state index contributed by atoms with van der Waals surface area (Å²) in [5.74, 6) is -0.348. The SMILES string of the molecule is Cc1ncc(COc2c(F)cccc2CO)s1. The van der Waals surface area contributed by atoms with Gasteiger partial charge in [0.15, 0.2) is 11.6 Å². The van der Waals surface area contributed by atoms with Crippen molar-refractivity contribution in [2.45, 2.75) is 20.1 Å². The van der Waals surface area contributed by atoms with Gasteiger partial charge in [0.2, 0.25) is 0 Å². The average molecular weight is 253 g/mol. The highest BCUT2D eigenvalue weighted by molar-refractivity contribution is 7.11. The number of aliphatic hydroxyl groups excluding tert-OH is 1. The van der Waals surface area contributed by atoms with Crippen LogP contribution in [0.4, 0.5) is 4.39 Å². The van der Waals surface area contributed by atoms with Crippen LogP contribution in [0.25, 0.3) is 0 Å². The lowest BCUT2D eigenvalue weighted by Crippen LogP contribution is -1.99. The van der Waals surface area contributed by atoms with Crippen LogP contribution in [0.2, 0.25) is 0 Å². The number of rotatable bonds is 4. The number of nitrogens with zero attached hydrogens (tertiary/aromatic N) is 1. The van der Waals surface area contributed by atoms with E-state index in [9.17, 15) is 4.39 Å². The molecule has 0 saturated heterocycles. The Labute approximate surface area is 103 Å². The van der Waals surface area contributed by atoms with Gasteiger partial charge in [0.25, 0.3) is 0 Å². The fraction of sp³-hybridized carbons (Fsp3) is 0.250. The highest BCUT2D eigenvalue weighted by Crippen LogP contribution is 2.24. The minimum absolute atomic E-state index is 0.112. The predicted octanol–water partition coefficient (Wildman–Crippen LogP) is 2.66. The molecule has 0 aliphatic carbocycles. The average Bonchev–Trinajstić information content (AvgIpc) is 2.73. The molecule has 0 spiro atoms. The molecule has 0 aliphatic heterocycles. The Bertz CT molecular complexity index is 513. The molecule has 0 radical (unpaired) electrons.